The summed E-state index contributed by atoms with van der Waals surface area (Å²) in [6.45, 7) is 3.42. The highest BCUT2D eigenvalue weighted by Gasteiger charge is 2.26. The van der Waals surface area contributed by atoms with Crippen LogP contribution in [0, 0.1) is 11.7 Å². The molecule has 1 aromatic heterocycles. The summed E-state index contributed by atoms with van der Waals surface area (Å²) in [6.07, 6.45) is 0.170. The van der Waals surface area contributed by atoms with E-state index in [0.717, 1.165) is 5.56 Å². The molecule has 1 amide bonds. The average molecular weight is 411 g/mol. The summed E-state index contributed by atoms with van der Waals surface area (Å²) in [5, 5.41) is 6.49. The van der Waals surface area contributed by atoms with Crippen LogP contribution in [0.3, 0.4) is 0 Å². The molecule has 3 aromatic rings. The molecule has 0 aliphatic carbocycles. The van der Waals surface area contributed by atoms with Crippen molar-refractivity contribution in [3.05, 3.63) is 71.8 Å². The number of ether oxygens (including phenoxy) is 1. The fourth-order valence-electron chi connectivity index (χ4n) is 2.75. The Balaban J connectivity index is 1.56. The molecule has 1 heterocycles. The second-order valence-corrected chi connectivity index (χ2v) is 7.08. The third-order valence-corrected chi connectivity index (χ3v) is 4.35. The second-order valence-electron chi connectivity index (χ2n) is 7.08. The molecule has 0 bridgehead atoms. The summed E-state index contributed by atoms with van der Waals surface area (Å²) < 4.78 is 23.4. The number of carbonyl (C=O) groups is 2. The molecule has 7 nitrogen and oxygen atoms in total. The molecule has 1 N–H and O–H groups in total. The van der Waals surface area contributed by atoms with Gasteiger partial charge in [0.15, 0.2) is 6.61 Å². The Labute approximate surface area is 173 Å². The van der Waals surface area contributed by atoms with Crippen molar-refractivity contribution in [3.63, 3.8) is 0 Å². The van der Waals surface area contributed by atoms with Gasteiger partial charge >= 0.3 is 5.97 Å². The van der Waals surface area contributed by atoms with Crippen LogP contribution < -0.4 is 5.32 Å². The van der Waals surface area contributed by atoms with Crippen LogP contribution in [-0.4, -0.2) is 28.1 Å². The number of benzene rings is 2. The number of hydrogen-bond donors (Lipinski definition) is 1. The fraction of sp³-hybridized carbons (Fsp3) is 0.273. The van der Waals surface area contributed by atoms with Gasteiger partial charge in [-0.1, -0.05) is 49.3 Å². The van der Waals surface area contributed by atoms with Crippen LogP contribution in [0.25, 0.3) is 11.5 Å². The molecule has 1 atom stereocenters. The lowest BCUT2D eigenvalue weighted by atomic mass is 10.0. The number of aromatic nitrogens is 2. The summed E-state index contributed by atoms with van der Waals surface area (Å²) in [4.78, 5) is 28.9. The second kappa shape index (κ2) is 9.78. The zero-order valence-corrected chi connectivity index (χ0v) is 16.7. The number of halogens is 1. The maximum atomic E-state index is 13.0. The predicted molar refractivity (Wildman–Crippen MR) is 106 cm³/mol. The van der Waals surface area contributed by atoms with E-state index >= 15 is 0 Å². The van der Waals surface area contributed by atoms with E-state index in [9.17, 15) is 14.0 Å². The van der Waals surface area contributed by atoms with Crippen molar-refractivity contribution < 1.29 is 23.2 Å². The largest absolute Gasteiger partial charge is 0.456 e. The topological polar surface area (TPSA) is 94.3 Å². The molecule has 2 aromatic carbocycles. The van der Waals surface area contributed by atoms with Crippen molar-refractivity contribution in [1.29, 1.82) is 0 Å². The van der Waals surface area contributed by atoms with Crippen LogP contribution in [-0.2, 0) is 27.4 Å². The average Bonchev–Trinajstić information content (AvgIpc) is 3.20. The van der Waals surface area contributed by atoms with Gasteiger partial charge in [0.25, 0.3) is 5.89 Å². The number of nitrogens with zero attached hydrogens (tertiary/aromatic N) is 2. The standard InChI is InChI=1S/C22H22FN3O4/c1-14(2)20(25-19(27)12-15-6-4-3-5-7-15)22(28)29-13-18-24-21(30-26-18)16-8-10-17(23)11-9-16/h3-11,14,20H,12-13H2,1-2H3,(H,25,27)/t20-/m0/s1. The molecule has 8 heteroatoms. The Kier molecular flexibility index (Phi) is 6.90. The van der Waals surface area contributed by atoms with Gasteiger partial charge in [0.2, 0.25) is 11.7 Å². The summed E-state index contributed by atoms with van der Waals surface area (Å²) >= 11 is 0. The van der Waals surface area contributed by atoms with Gasteiger partial charge in [0.05, 0.1) is 6.42 Å². The Hall–Kier alpha value is -3.55. The van der Waals surface area contributed by atoms with Gasteiger partial charge in [0.1, 0.15) is 11.9 Å². The van der Waals surface area contributed by atoms with E-state index in [-0.39, 0.29) is 42.4 Å². The lowest BCUT2D eigenvalue weighted by Crippen LogP contribution is -2.45. The minimum absolute atomic E-state index is 0.167. The molecule has 0 saturated carbocycles. The first-order valence-corrected chi connectivity index (χ1v) is 9.51. The molecule has 0 aliphatic heterocycles. The maximum Gasteiger partial charge on any atom is 0.329 e. The first-order valence-electron chi connectivity index (χ1n) is 9.51. The SMILES string of the molecule is CC(C)[C@H](NC(=O)Cc1ccccc1)C(=O)OCc1noc(-c2ccc(F)cc2)n1. The Bertz CT molecular complexity index is 987. The van der Waals surface area contributed by atoms with Crippen LogP contribution in [0.5, 0.6) is 0 Å². The van der Waals surface area contributed by atoms with Crippen molar-refractivity contribution in [2.24, 2.45) is 5.92 Å². The number of carbonyl (C=O) groups excluding carboxylic acids is 2. The molecule has 3 rings (SSSR count). The monoisotopic (exact) mass is 411 g/mol. The minimum atomic E-state index is -0.801. The smallest absolute Gasteiger partial charge is 0.329 e. The molecule has 0 fully saturated rings. The highest BCUT2D eigenvalue weighted by atomic mass is 19.1. The quantitative estimate of drug-likeness (QED) is 0.572. The van der Waals surface area contributed by atoms with Crippen molar-refractivity contribution in [2.75, 3.05) is 0 Å². The summed E-state index contributed by atoms with van der Waals surface area (Å²) in [7, 11) is 0. The highest BCUT2D eigenvalue weighted by molar-refractivity contribution is 5.85. The lowest BCUT2D eigenvalue weighted by Gasteiger charge is -2.20. The van der Waals surface area contributed by atoms with Crippen LogP contribution in [0.15, 0.2) is 59.1 Å². The summed E-state index contributed by atoms with van der Waals surface area (Å²) in [6, 6.07) is 14.0. The molecule has 156 valence electrons. The zero-order chi connectivity index (χ0) is 21.5. The van der Waals surface area contributed by atoms with Gasteiger partial charge in [-0.2, -0.15) is 4.98 Å². The molecular formula is C22H22FN3O4. The van der Waals surface area contributed by atoms with Gasteiger partial charge < -0.3 is 14.6 Å². The number of rotatable bonds is 8. The molecular weight excluding hydrogens is 389 g/mol. The third-order valence-electron chi connectivity index (χ3n) is 4.35. The summed E-state index contributed by atoms with van der Waals surface area (Å²) in [5.74, 6) is -1.04. The first kappa shape index (κ1) is 21.2. The maximum absolute atomic E-state index is 13.0. The van der Waals surface area contributed by atoms with Gasteiger partial charge in [0, 0.05) is 5.56 Å². The molecule has 0 saturated heterocycles. The highest BCUT2D eigenvalue weighted by Crippen LogP contribution is 2.17. The molecule has 0 radical (unpaired) electrons. The van der Waals surface area contributed by atoms with E-state index in [0.29, 0.717) is 5.56 Å². The molecule has 0 aliphatic rings. The zero-order valence-electron chi connectivity index (χ0n) is 16.7. The van der Waals surface area contributed by atoms with Gasteiger partial charge in [-0.15, -0.1) is 0 Å². The van der Waals surface area contributed by atoms with E-state index < -0.39 is 12.0 Å². The van der Waals surface area contributed by atoms with E-state index in [2.05, 4.69) is 15.5 Å². The van der Waals surface area contributed by atoms with Crippen LogP contribution in [0.4, 0.5) is 4.39 Å². The van der Waals surface area contributed by atoms with Crippen LogP contribution in [0.1, 0.15) is 25.2 Å². The van der Waals surface area contributed by atoms with Gasteiger partial charge in [-0.25, -0.2) is 9.18 Å². The van der Waals surface area contributed by atoms with E-state index in [4.69, 9.17) is 9.26 Å². The number of esters is 1. The van der Waals surface area contributed by atoms with Gasteiger partial charge in [-0.05, 0) is 35.7 Å². The number of nitrogens with one attached hydrogen (secondary N) is 1. The lowest BCUT2D eigenvalue weighted by molar-refractivity contribution is -0.150. The minimum Gasteiger partial charge on any atom is -0.456 e. The third kappa shape index (κ3) is 5.73. The van der Waals surface area contributed by atoms with E-state index in [1.54, 1.807) is 0 Å². The normalized spacial score (nSPS) is 11.9. The van der Waals surface area contributed by atoms with E-state index in [1.165, 1.54) is 24.3 Å². The number of hydrogen-bond acceptors (Lipinski definition) is 6. The van der Waals surface area contributed by atoms with Crippen molar-refractivity contribution in [1.82, 2.24) is 15.5 Å². The molecule has 30 heavy (non-hydrogen) atoms. The Morgan fingerprint density at radius 3 is 2.47 bits per heavy atom. The van der Waals surface area contributed by atoms with Crippen molar-refractivity contribution >= 4 is 11.9 Å². The van der Waals surface area contributed by atoms with Gasteiger partial charge in [-0.3, -0.25) is 4.79 Å². The van der Waals surface area contributed by atoms with Crippen molar-refractivity contribution in [3.8, 4) is 11.5 Å². The molecule has 0 unspecified atom stereocenters. The van der Waals surface area contributed by atoms with E-state index in [1.807, 2.05) is 44.2 Å². The Morgan fingerprint density at radius 1 is 1.10 bits per heavy atom. The number of amides is 1. The predicted octanol–water partition coefficient (Wildman–Crippen LogP) is 3.30. The summed E-state index contributed by atoms with van der Waals surface area (Å²) in [5.41, 5.74) is 1.40. The fourth-order valence-corrected chi connectivity index (χ4v) is 2.75. The first-order chi connectivity index (χ1) is 14.4. The van der Waals surface area contributed by atoms with Crippen LogP contribution in [0.2, 0.25) is 0 Å². The van der Waals surface area contributed by atoms with Crippen molar-refractivity contribution in [2.45, 2.75) is 32.9 Å². The van der Waals surface area contributed by atoms with Crippen LogP contribution >= 0.6 is 0 Å². The Morgan fingerprint density at radius 2 is 1.80 bits per heavy atom. The molecule has 0 spiro atoms.